The molecule has 0 aliphatic heterocycles. The molecular formula is C22H17BrN4O2. The third-order valence-electron chi connectivity index (χ3n) is 4.37. The molecule has 6 nitrogen and oxygen atoms in total. The second-order valence-electron chi connectivity index (χ2n) is 6.37. The van der Waals surface area contributed by atoms with Crippen LogP contribution in [-0.2, 0) is 6.54 Å². The fourth-order valence-electron chi connectivity index (χ4n) is 2.94. The van der Waals surface area contributed by atoms with Crippen LogP contribution in [0.2, 0.25) is 0 Å². The van der Waals surface area contributed by atoms with Crippen LogP contribution in [0.25, 0.3) is 22.6 Å². The number of aromatic nitrogens is 4. The number of hydrogen-bond donors (Lipinski definition) is 0. The molecule has 0 aliphatic rings. The molecule has 0 bridgehead atoms. The molecule has 2 aromatic carbocycles. The first kappa shape index (κ1) is 19.0. The summed E-state index contributed by atoms with van der Waals surface area (Å²) in [5, 5.41) is 4.54. The van der Waals surface area contributed by atoms with Gasteiger partial charge in [0, 0.05) is 29.6 Å². The van der Waals surface area contributed by atoms with Crippen LogP contribution in [0.4, 0.5) is 0 Å². The second kappa shape index (κ2) is 8.36. The molecule has 7 heteroatoms. The average molecular weight is 449 g/mol. The van der Waals surface area contributed by atoms with Crippen molar-refractivity contribution in [2.45, 2.75) is 6.54 Å². The molecule has 144 valence electrons. The van der Waals surface area contributed by atoms with Crippen molar-refractivity contribution < 1.29 is 4.74 Å². The first-order chi connectivity index (χ1) is 14.1. The Bertz CT molecular complexity index is 1210. The van der Waals surface area contributed by atoms with Crippen molar-refractivity contribution in [3.8, 4) is 28.4 Å². The van der Waals surface area contributed by atoms with Gasteiger partial charge in [0.05, 0.1) is 23.8 Å². The highest BCUT2D eigenvalue weighted by Gasteiger charge is 2.07. The number of rotatable bonds is 5. The summed E-state index contributed by atoms with van der Waals surface area (Å²) < 4.78 is 7.55. The van der Waals surface area contributed by atoms with Gasteiger partial charge < -0.3 is 4.74 Å². The van der Waals surface area contributed by atoms with Gasteiger partial charge in [-0.3, -0.25) is 4.79 Å². The molecule has 0 atom stereocenters. The van der Waals surface area contributed by atoms with Gasteiger partial charge in [0.2, 0.25) is 0 Å². The Morgan fingerprint density at radius 3 is 2.52 bits per heavy atom. The van der Waals surface area contributed by atoms with Gasteiger partial charge in [-0.25, -0.2) is 14.6 Å². The Hall–Kier alpha value is -3.32. The molecule has 0 spiro atoms. The summed E-state index contributed by atoms with van der Waals surface area (Å²) in [5.41, 5.74) is 3.24. The number of methoxy groups -OCH3 is 1. The number of hydrogen-bond acceptors (Lipinski definition) is 5. The lowest BCUT2D eigenvalue weighted by atomic mass is 10.1. The van der Waals surface area contributed by atoms with Crippen molar-refractivity contribution in [3.05, 3.63) is 93.4 Å². The van der Waals surface area contributed by atoms with E-state index in [2.05, 4.69) is 31.0 Å². The van der Waals surface area contributed by atoms with Crippen molar-refractivity contribution in [2.75, 3.05) is 7.11 Å². The van der Waals surface area contributed by atoms with Gasteiger partial charge in [-0.1, -0.05) is 30.3 Å². The predicted molar refractivity (Wildman–Crippen MR) is 115 cm³/mol. The molecule has 0 saturated carbocycles. The number of nitrogens with zero attached hydrogens (tertiary/aromatic N) is 4. The molecule has 2 aromatic heterocycles. The van der Waals surface area contributed by atoms with E-state index < -0.39 is 0 Å². The lowest BCUT2D eigenvalue weighted by Gasteiger charge is -2.09. The summed E-state index contributed by atoms with van der Waals surface area (Å²) in [6, 6.07) is 18.6. The lowest BCUT2D eigenvalue weighted by molar-refractivity contribution is 0.415. The topological polar surface area (TPSA) is 69.9 Å². The minimum Gasteiger partial charge on any atom is -0.497 e. The highest BCUT2D eigenvalue weighted by Crippen LogP contribution is 2.22. The summed E-state index contributed by atoms with van der Waals surface area (Å²) in [6.07, 6.45) is 3.41. The maximum atomic E-state index is 12.4. The minimum atomic E-state index is -0.165. The van der Waals surface area contributed by atoms with E-state index in [1.807, 2.05) is 48.5 Å². The Labute approximate surface area is 176 Å². The molecule has 4 aromatic rings. The molecule has 4 rings (SSSR count). The Kier molecular flexibility index (Phi) is 5.48. The molecule has 2 heterocycles. The second-order valence-corrected chi connectivity index (χ2v) is 7.29. The zero-order chi connectivity index (χ0) is 20.2. The number of halogens is 1. The van der Waals surface area contributed by atoms with Crippen molar-refractivity contribution in [1.29, 1.82) is 0 Å². The smallest absolute Gasteiger partial charge is 0.267 e. The van der Waals surface area contributed by atoms with Crippen molar-refractivity contribution in [1.82, 2.24) is 19.7 Å². The van der Waals surface area contributed by atoms with Crippen LogP contribution in [0, 0.1) is 0 Å². The van der Waals surface area contributed by atoms with E-state index in [0.29, 0.717) is 18.1 Å². The van der Waals surface area contributed by atoms with Gasteiger partial charge >= 0.3 is 0 Å². The zero-order valence-electron chi connectivity index (χ0n) is 15.6. The fourth-order valence-corrected chi connectivity index (χ4v) is 3.15. The summed E-state index contributed by atoms with van der Waals surface area (Å²) in [6.45, 7) is 0.348. The third kappa shape index (κ3) is 4.41. The van der Waals surface area contributed by atoms with E-state index in [-0.39, 0.29) is 5.56 Å². The van der Waals surface area contributed by atoms with E-state index in [0.717, 1.165) is 26.9 Å². The van der Waals surface area contributed by atoms with Gasteiger partial charge in [0.25, 0.3) is 5.56 Å². The molecular weight excluding hydrogens is 432 g/mol. The summed E-state index contributed by atoms with van der Waals surface area (Å²) >= 11 is 3.34. The van der Waals surface area contributed by atoms with Crippen LogP contribution in [-0.4, -0.2) is 26.9 Å². The predicted octanol–water partition coefficient (Wildman–Crippen LogP) is 4.19. The standard InChI is InChI=1S/C22H17BrN4O2/c1-29-19-7-3-5-16(11-19)20-8-9-21(28)27(26-20)14-15-4-2-6-17(10-15)22-24-12-18(23)13-25-22/h2-13H,14H2,1H3. The van der Waals surface area contributed by atoms with Crippen LogP contribution in [0.3, 0.4) is 0 Å². The number of benzene rings is 2. The average Bonchev–Trinajstić information content (AvgIpc) is 2.76. The van der Waals surface area contributed by atoms with Gasteiger partial charge in [0.1, 0.15) is 5.75 Å². The monoisotopic (exact) mass is 448 g/mol. The van der Waals surface area contributed by atoms with Crippen LogP contribution in [0.1, 0.15) is 5.56 Å². The van der Waals surface area contributed by atoms with Crippen LogP contribution in [0.5, 0.6) is 5.75 Å². The highest BCUT2D eigenvalue weighted by atomic mass is 79.9. The van der Waals surface area contributed by atoms with E-state index >= 15 is 0 Å². The molecule has 0 saturated heterocycles. The molecule has 0 amide bonds. The van der Waals surface area contributed by atoms with Gasteiger partial charge in [-0.15, -0.1) is 0 Å². The Balaban J connectivity index is 1.65. The van der Waals surface area contributed by atoms with Crippen molar-refractivity contribution in [2.24, 2.45) is 0 Å². The van der Waals surface area contributed by atoms with Gasteiger partial charge in [-0.2, -0.15) is 5.10 Å². The first-order valence-electron chi connectivity index (χ1n) is 8.92. The quantitative estimate of drug-likeness (QED) is 0.457. The maximum absolute atomic E-state index is 12.4. The SMILES string of the molecule is COc1cccc(-c2ccc(=O)n(Cc3cccc(-c4ncc(Br)cn4)c3)n2)c1. The Morgan fingerprint density at radius 2 is 1.72 bits per heavy atom. The van der Waals surface area contributed by atoms with Crippen LogP contribution >= 0.6 is 15.9 Å². The van der Waals surface area contributed by atoms with Crippen LogP contribution in [0.15, 0.2) is 82.3 Å². The zero-order valence-corrected chi connectivity index (χ0v) is 17.2. The summed E-state index contributed by atoms with van der Waals surface area (Å²) in [4.78, 5) is 21.0. The van der Waals surface area contributed by atoms with Crippen LogP contribution < -0.4 is 10.3 Å². The normalized spacial score (nSPS) is 10.7. The molecule has 0 radical (unpaired) electrons. The molecule has 0 fully saturated rings. The molecule has 0 unspecified atom stereocenters. The number of ether oxygens (including phenoxy) is 1. The summed E-state index contributed by atoms with van der Waals surface area (Å²) in [5.74, 6) is 1.37. The molecule has 0 aliphatic carbocycles. The van der Waals surface area contributed by atoms with Gasteiger partial charge in [-0.05, 0) is 45.8 Å². The van der Waals surface area contributed by atoms with Crippen molar-refractivity contribution in [3.63, 3.8) is 0 Å². The van der Waals surface area contributed by atoms with E-state index in [1.54, 1.807) is 25.6 Å². The minimum absolute atomic E-state index is 0.165. The maximum Gasteiger partial charge on any atom is 0.267 e. The molecule has 0 N–H and O–H groups in total. The third-order valence-corrected chi connectivity index (χ3v) is 4.78. The van der Waals surface area contributed by atoms with Gasteiger partial charge in [0.15, 0.2) is 5.82 Å². The van der Waals surface area contributed by atoms with E-state index in [9.17, 15) is 4.79 Å². The Morgan fingerprint density at radius 1 is 0.966 bits per heavy atom. The largest absolute Gasteiger partial charge is 0.497 e. The van der Waals surface area contributed by atoms with Crippen molar-refractivity contribution >= 4 is 15.9 Å². The first-order valence-corrected chi connectivity index (χ1v) is 9.71. The van der Waals surface area contributed by atoms with E-state index in [1.165, 1.54) is 10.7 Å². The summed E-state index contributed by atoms with van der Waals surface area (Å²) in [7, 11) is 1.62. The fraction of sp³-hybridized carbons (Fsp3) is 0.0909. The van der Waals surface area contributed by atoms with E-state index in [4.69, 9.17) is 4.74 Å². The lowest BCUT2D eigenvalue weighted by Crippen LogP contribution is -2.22. The highest BCUT2D eigenvalue weighted by molar-refractivity contribution is 9.10. The molecule has 29 heavy (non-hydrogen) atoms.